The van der Waals surface area contributed by atoms with Gasteiger partial charge in [0.25, 0.3) is 0 Å². The van der Waals surface area contributed by atoms with Gasteiger partial charge in [-0.1, -0.05) is 0 Å². The third kappa shape index (κ3) is 3.90. The molecule has 1 rings (SSSR count). The molecule has 17 heavy (non-hydrogen) atoms. The molecule has 0 aliphatic heterocycles. The number of nitrogens with zero attached hydrogens (tertiary/aromatic N) is 1. The van der Waals surface area contributed by atoms with Gasteiger partial charge in [0, 0.05) is 24.9 Å². The first-order valence-corrected chi connectivity index (χ1v) is 5.53. The maximum absolute atomic E-state index is 13.4. The van der Waals surface area contributed by atoms with Crippen molar-refractivity contribution in [1.29, 1.82) is 0 Å². The van der Waals surface area contributed by atoms with Crippen molar-refractivity contribution in [2.75, 3.05) is 18.0 Å². The van der Waals surface area contributed by atoms with Crippen molar-refractivity contribution in [2.24, 2.45) is 0 Å². The number of hydrogen-bond donors (Lipinski definition) is 1. The summed E-state index contributed by atoms with van der Waals surface area (Å²) >= 11 is 0. The smallest absolute Gasteiger partial charge is 0.328 e. The van der Waals surface area contributed by atoms with Crippen LogP contribution in [0.25, 0.3) is 6.08 Å². The molecule has 4 heteroatoms. The molecule has 0 unspecified atom stereocenters. The predicted octanol–water partition coefficient (Wildman–Crippen LogP) is 2.77. The standard InChI is InChI=1S/C13H16FNO2/c1-3-15(4-2)12-8-10(5-6-13(16)17)7-11(14)9-12/h5-9H,3-4H2,1-2H3,(H,16,17)/b6-5+. The van der Waals surface area contributed by atoms with Crippen molar-refractivity contribution in [3.8, 4) is 0 Å². The van der Waals surface area contributed by atoms with E-state index in [-0.39, 0.29) is 5.82 Å². The normalized spacial score (nSPS) is 10.8. The number of carbonyl (C=O) groups is 1. The number of halogens is 1. The molecular weight excluding hydrogens is 221 g/mol. The number of aliphatic carboxylic acids is 1. The lowest BCUT2D eigenvalue weighted by Crippen LogP contribution is -2.21. The quantitative estimate of drug-likeness (QED) is 0.800. The molecule has 0 atom stereocenters. The molecule has 0 aliphatic rings. The monoisotopic (exact) mass is 237 g/mol. The molecule has 0 fully saturated rings. The van der Waals surface area contributed by atoms with Crippen molar-refractivity contribution in [3.05, 3.63) is 35.7 Å². The highest BCUT2D eigenvalue weighted by atomic mass is 19.1. The summed E-state index contributed by atoms with van der Waals surface area (Å²) in [5.74, 6) is -1.40. The largest absolute Gasteiger partial charge is 0.478 e. The fourth-order valence-corrected chi connectivity index (χ4v) is 1.63. The molecule has 1 aromatic carbocycles. The maximum atomic E-state index is 13.4. The summed E-state index contributed by atoms with van der Waals surface area (Å²) in [6.45, 7) is 5.53. The number of carboxylic acid groups (broad SMARTS) is 1. The van der Waals surface area contributed by atoms with Crippen molar-refractivity contribution < 1.29 is 14.3 Å². The van der Waals surface area contributed by atoms with Gasteiger partial charge < -0.3 is 10.0 Å². The Morgan fingerprint density at radius 1 is 1.35 bits per heavy atom. The Morgan fingerprint density at radius 2 is 2.00 bits per heavy atom. The first-order chi connectivity index (χ1) is 8.06. The van der Waals surface area contributed by atoms with E-state index in [4.69, 9.17) is 5.11 Å². The van der Waals surface area contributed by atoms with Gasteiger partial charge in [-0.05, 0) is 43.7 Å². The van der Waals surface area contributed by atoms with E-state index in [0.29, 0.717) is 5.56 Å². The van der Waals surface area contributed by atoms with E-state index in [1.807, 2.05) is 18.7 Å². The van der Waals surface area contributed by atoms with Crippen molar-refractivity contribution >= 4 is 17.7 Å². The highest BCUT2D eigenvalue weighted by molar-refractivity contribution is 5.85. The van der Waals surface area contributed by atoms with Crippen LogP contribution in [-0.2, 0) is 4.79 Å². The minimum atomic E-state index is -1.04. The van der Waals surface area contributed by atoms with E-state index >= 15 is 0 Å². The van der Waals surface area contributed by atoms with Gasteiger partial charge in [-0.15, -0.1) is 0 Å². The van der Waals surface area contributed by atoms with Crippen LogP contribution < -0.4 is 4.90 Å². The first kappa shape index (κ1) is 13.2. The molecule has 0 amide bonds. The highest BCUT2D eigenvalue weighted by Crippen LogP contribution is 2.19. The van der Waals surface area contributed by atoms with Crippen LogP contribution in [0.15, 0.2) is 24.3 Å². The van der Waals surface area contributed by atoms with E-state index in [0.717, 1.165) is 24.9 Å². The van der Waals surface area contributed by atoms with Crippen molar-refractivity contribution in [3.63, 3.8) is 0 Å². The van der Waals surface area contributed by atoms with E-state index in [1.54, 1.807) is 6.07 Å². The van der Waals surface area contributed by atoms with Crippen LogP contribution in [-0.4, -0.2) is 24.2 Å². The zero-order valence-corrected chi connectivity index (χ0v) is 9.98. The van der Waals surface area contributed by atoms with E-state index in [9.17, 15) is 9.18 Å². The lowest BCUT2D eigenvalue weighted by atomic mass is 10.1. The molecule has 1 aromatic rings. The molecule has 92 valence electrons. The Bertz CT molecular complexity index is 425. The third-order valence-electron chi connectivity index (χ3n) is 2.45. The number of carboxylic acids is 1. The Kier molecular flexibility index (Phi) is 4.69. The fourth-order valence-electron chi connectivity index (χ4n) is 1.63. The highest BCUT2D eigenvalue weighted by Gasteiger charge is 2.04. The zero-order chi connectivity index (χ0) is 12.8. The maximum Gasteiger partial charge on any atom is 0.328 e. The molecule has 0 aliphatic carbocycles. The Morgan fingerprint density at radius 3 is 2.53 bits per heavy atom. The number of anilines is 1. The zero-order valence-electron chi connectivity index (χ0n) is 9.98. The minimum absolute atomic E-state index is 0.362. The Hall–Kier alpha value is -1.84. The van der Waals surface area contributed by atoms with Crippen molar-refractivity contribution in [1.82, 2.24) is 0 Å². The van der Waals surface area contributed by atoms with E-state index < -0.39 is 5.97 Å². The predicted molar refractivity (Wildman–Crippen MR) is 66.6 cm³/mol. The first-order valence-electron chi connectivity index (χ1n) is 5.53. The van der Waals surface area contributed by atoms with E-state index in [2.05, 4.69) is 0 Å². The average molecular weight is 237 g/mol. The summed E-state index contributed by atoms with van der Waals surface area (Å²) < 4.78 is 13.4. The molecule has 0 aromatic heterocycles. The molecule has 0 saturated heterocycles. The van der Waals surface area contributed by atoms with Gasteiger partial charge in [-0.2, -0.15) is 0 Å². The summed E-state index contributed by atoms with van der Waals surface area (Å²) in [5.41, 5.74) is 1.31. The van der Waals surface area contributed by atoms with Gasteiger partial charge in [-0.3, -0.25) is 0 Å². The number of rotatable bonds is 5. The van der Waals surface area contributed by atoms with E-state index in [1.165, 1.54) is 18.2 Å². The molecule has 0 radical (unpaired) electrons. The van der Waals surface area contributed by atoms with Crippen LogP contribution in [0.3, 0.4) is 0 Å². The average Bonchev–Trinajstić information content (AvgIpc) is 2.27. The van der Waals surface area contributed by atoms with Gasteiger partial charge in [0.05, 0.1) is 0 Å². The van der Waals surface area contributed by atoms with Gasteiger partial charge in [0.1, 0.15) is 5.82 Å². The van der Waals surface area contributed by atoms with Gasteiger partial charge >= 0.3 is 5.97 Å². The third-order valence-corrected chi connectivity index (χ3v) is 2.45. The minimum Gasteiger partial charge on any atom is -0.478 e. The van der Waals surface area contributed by atoms with Crippen LogP contribution in [0.4, 0.5) is 10.1 Å². The van der Waals surface area contributed by atoms with Gasteiger partial charge in [-0.25, -0.2) is 9.18 Å². The second-order valence-electron chi connectivity index (χ2n) is 3.59. The molecule has 1 N–H and O–H groups in total. The molecule has 0 heterocycles. The van der Waals surface area contributed by atoms with Gasteiger partial charge in [0.15, 0.2) is 0 Å². The molecule has 0 spiro atoms. The summed E-state index contributed by atoms with van der Waals surface area (Å²) in [6.07, 6.45) is 2.39. The molecule has 0 saturated carbocycles. The van der Waals surface area contributed by atoms with Crippen molar-refractivity contribution in [2.45, 2.75) is 13.8 Å². The SMILES string of the molecule is CCN(CC)c1cc(F)cc(/C=C/C(=O)O)c1. The Balaban J connectivity index is 3.05. The second kappa shape index (κ2) is 6.03. The summed E-state index contributed by atoms with van der Waals surface area (Å²) in [6, 6.07) is 4.53. The summed E-state index contributed by atoms with van der Waals surface area (Å²) in [5, 5.41) is 8.52. The van der Waals surface area contributed by atoms with Crippen LogP contribution in [0.1, 0.15) is 19.4 Å². The van der Waals surface area contributed by atoms with Crippen LogP contribution >= 0.6 is 0 Å². The number of benzene rings is 1. The molecular formula is C13H16FNO2. The fraction of sp³-hybridized carbons (Fsp3) is 0.308. The number of hydrogen-bond acceptors (Lipinski definition) is 2. The van der Waals surface area contributed by atoms with Crippen LogP contribution in [0.5, 0.6) is 0 Å². The van der Waals surface area contributed by atoms with Crippen LogP contribution in [0.2, 0.25) is 0 Å². The second-order valence-corrected chi connectivity index (χ2v) is 3.59. The topological polar surface area (TPSA) is 40.5 Å². The van der Waals surface area contributed by atoms with Crippen LogP contribution in [0, 0.1) is 5.82 Å². The lowest BCUT2D eigenvalue weighted by Gasteiger charge is -2.21. The summed E-state index contributed by atoms with van der Waals surface area (Å²) in [4.78, 5) is 12.4. The Labute approximate surface area is 100 Å². The lowest BCUT2D eigenvalue weighted by molar-refractivity contribution is -0.131. The van der Waals surface area contributed by atoms with Gasteiger partial charge in [0.2, 0.25) is 0 Å². The molecule has 3 nitrogen and oxygen atoms in total. The summed E-state index contributed by atoms with van der Waals surface area (Å²) in [7, 11) is 0. The molecule has 0 bridgehead atoms.